The number of halogens is 1. The van der Waals surface area contributed by atoms with Crippen LogP contribution < -0.4 is 0 Å². The third-order valence-corrected chi connectivity index (χ3v) is 3.20. The van der Waals surface area contributed by atoms with Gasteiger partial charge in [0.2, 0.25) is 5.78 Å². The maximum Gasteiger partial charge on any atom is 0.239 e. The summed E-state index contributed by atoms with van der Waals surface area (Å²) in [5.41, 5.74) is 0. The largest absolute Gasteiger partial charge is 0.261 e. The minimum Gasteiger partial charge on any atom is -0.261 e. The quantitative estimate of drug-likeness (QED) is 0.794. The van der Waals surface area contributed by atoms with E-state index in [4.69, 9.17) is 0 Å². The molecule has 0 unspecified atom stereocenters. The molecule has 0 atom stereocenters. The molecule has 0 aromatic carbocycles. The molecule has 2 heterocycles. The van der Waals surface area contributed by atoms with Gasteiger partial charge in [-0.25, -0.2) is 4.98 Å². The lowest BCUT2D eigenvalue weighted by atomic mass is 10.9. The molecule has 0 spiro atoms. The van der Waals surface area contributed by atoms with Gasteiger partial charge in [-0.15, -0.1) is 0 Å². The highest BCUT2D eigenvalue weighted by Crippen LogP contribution is 2.20. The summed E-state index contributed by atoms with van der Waals surface area (Å²) in [6, 6.07) is 0. The van der Waals surface area contributed by atoms with Crippen molar-refractivity contribution < 1.29 is 0 Å². The van der Waals surface area contributed by atoms with Crippen LogP contribution in [0.5, 0.6) is 0 Å². The van der Waals surface area contributed by atoms with E-state index in [1.807, 2.05) is 23.1 Å². The third kappa shape index (κ3) is 1.76. The number of hydrogen-bond acceptors (Lipinski definition) is 5. The van der Waals surface area contributed by atoms with Gasteiger partial charge in [0.25, 0.3) is 0 Å². The predicted octanol–water partition coefficient (Wildman–Crippen LogP) is 2.33. The van der Waals surface area contributed by atoms with Crippen LogP contribution in [0.2, 0.25) is 0 Å². The highest BCUT2D eigenvalue weighted by Gasteiger charge is 2.08. The summed E-state index contributed by atoms with van der Waals surface area (Å²) in [7, 11) is 0. The number of thioether (sulfide) groups is 2. The fourth-order valence-corrected chi connectivity index (χ4v) is 2.32. The predicted molar refractivity (Wildman–Crippen MR) is 62.0 cm³/mol. The minimum absolute atomic E-state index is 0.681. The average Bonchev–Trinajstić information content (AvgIpc) is 2.56. The van der Waals surface area contributed by atoms with Crippen molar-refractivity contribution in [3.8, 4) is 0 Å². The van der Waals surface area contributed by atoms with Crippen molar-refractivity contribution in [2.24, 2.45) is 0 Å². The number of nitrogens with zero attached hydrogens (tertiary/aromatic N) is 4. The second-order valence-corrected chi connectivity index (χ2v) is 4.79. The molecule has 7 heteroatoms. The van der Waals surface area contributed by atoms with Gasteiger partial charge >= 0.3 is 0 Å². The van der Waals surface area contributed by atoms with E-state index in [1.54, 1.807) is 11.8 Å². The van der Waals surface area contributed by atoms with Gasteiger partial charge in [-0.1, -0.05) is 23.5 Å². The molecule has 0 bridgehead atoms. The van der Waals surface area contributed by atoms with Gasteiger partial charge in [0.15, 0.2) is 10.3 Å². The van der Waals surface area contributed by atoms with Crippen LogP contribution in [0.3, 0.4) is 0 Å². The van der Waals surface area contributed by atoms with Gasteiger partial charge < -0.3 is 0 Å². The van der Waals surface area contributed by atoms with E-state index < -0.39 is 0 Å². The Morgan fingerprint density at radius 2 is 2.00 bits per heavy atom. The Bertz CT molecular complexity index is 470. The van der Waals surface area contributed by atoms with Crippen molar-refractivity contribution in [3.05, 3.63) is 10.8 Å². The molecule has 2 aromatic rings. The Morgan fingerprint density at radius 1 is 1.21 bits per heavy atom. The maximum absolute atomic E-state index is 4.37. The third-order valence-electron chi connectivity index (χ3n) is 1.62. The van der Waals surface area contributed by atoms with Crippen LogP contribution in [0.15, 0.2) is 21.1 Å². The van der Waals surface area contributed by atoms with E-state index in [2.05, 4.69) is 30.9 Å². The number of imidazole rings is 1. The maximum atomic E-state index is 4.37. The zero-order chi connectivity index (χ0) is 10.1. The Labute approximate surface area is 98.1 Å². The number of hydrogen-bond donors (Lipinski definition) is 0. The molecule has 14 heavy (non-hydrogen) atoms. The normalized spacial score (nSPS) is 11.1. The summed E-state index contributed by atoms with van der Waals surface area (Å²) in [5.74, 6) is 0.681. The molecule has 0 N–H and O–H groups in total. The SMILES string of the molecule is CSc1nc(SC)n2cc(Br)nc2n1. The first kappa shape index (κ1) is 10.3. The molecule has 4 nitrogen and oxygen atoms in total. The van der Waals surface area contributed by atoms with E-state index in [9.17, 15) is 0 Å². The number of aromatic nitrogens is 4. The van der Waals surface area contributed by atoms with Crippen LogP contribution in [0.25, 0.3) is 5.78 Å². The lowest BCUT2D eigenvalue weighted by molar-refractivity contribution is 0.783. The first-order valence-corrected chi connectivity index (χ1v) is 6.99. The van der Waals surface area contributed by atoms with E-state index in [0.717, 1.165) is 14.9 Å². The minimum atomic E-state index is 0.681. The highest BCUT2D eigenvalue weighted by atomic mass is 79.9. The molecule has 2 rings (SSSR count). The first-order chi connectivity index (χ1) is 6.74. The molecule has 74 valence electrons. The van der Waals surface area contributed by atoms with Gasteiger partial charge in [-0.2, -0.15) is 9.97 Å². The Kier molecular flexibility index (Phi) is 2.99. The van der Waals surface area contributed by atoms with Crippen molar-refractivity contribution in [2.75, 3.05) is 12.5 Å². The Morgan fingerprint density at radius 3 is 2.64 bits per heavy atom. The molecule has 0 saturated heterocycles. The van der Waals surface area contributed by atoms with E-state index in [0.29, 0.717) is 5.78 Å². The lowest BCUT2D eigenvalue weighted by Crippen LogP contribution is -1.98. The van der Waals surface area contributed by atoms with Crippen LogP contribution in [-0.4, -0.2) is 31.9 Å². The molecule has 0 aliphatic rings. The summed E-state index contributed by atoms with van der Waals surface area (Å²) >= 11 is 6.42. The summed E-state index contributed by atoms with van der Waals surface area (Å²) in [6.07, 6.45) is 5.80. The smallest absolute Gasteiger partial charge is 0.239 e. The fourth-order valence-electron chi connectivity index (χ4n) is 1.04. The molecule has 0 radical (unpaired) electrons. The Balaban J connectivity index is 2.72. The lowest BCUT2D eigenvalue weighted by Gasteiger charge is -2.01. The summed E-state index contributed by atoms with van der Waals surface area (Å²) in [5, 5.41) is 1.65. The van der Waals surface area contributed by atoms with Gasteiger partial charge in [-0.3, -0.25) is 4.40 Å². The molecule has 0 saturated carbocycles. The van der Waals surface area contributed by atoms with E-state index in [1.165, 1.54) is 11.8 Å². The number of fused-ring (bicyclic) bond motifs is 1. The zero-order valence-electron chi connectivity index (χ0n) is 7.56. The van der Waals surface area contributed by atoms with Crippen molar-refractivity contribution in [1.29, 1.82) is 0 Å². The molecule has 0 aliphatic heterocycles. The van der Waals surface area contributed by atoms with Crippen molar-refractivity contribution >= 4 is 45.2 Å². The molecule has 0 aliphatic carbocycles. The fraction of sp³-hybridized carbons (Fsp3) is 0.286. The highest BCUT2D eigenvalue weighted by molar-refractivity contribution is 9.10. The monoisotopic (exact) mass is 290 g/mol. The summed E-state index contributed by atoms with van der Waals surface area (Å²) < 4.78 is 2.65. The molecule has 0 amide bonds. The van der Waals surface area contributed by atoms with E-state index in [-0.39, 0.29) is 0 Å². The van der Waals surface area contributed by atoms with Crippen LogP contribution in [0.4, 0.5) is 0 Å². The molecular weight excluding hydrogens is 284 g/mol. The van der Waals surface area contributed by atoms with Gasteiger partial charge in [-0.05, 0) is 28.4 Å². The van der Waals surface area contributed by atoms with Crippen LogP contribution in [0.1, 0.15) is 0 Å². The topological polar surface area (TPSA) is 43.1 Å². The molecule has 0 fully saturated rings. The summed E-state index contributed by atoms with van der Waals surface area (Å²) in [4.78, 5) is 12.9. The van der Waals surface area contributed by atoms with Crippen molar-refractivity contribution in [2.45, 2.75) is 10.3 Å². The Hall–Kier alpha value is -0.270. The average molecular weight is 291 g/mol. The zero-order valence-corrected chi connectivity index (χ0v) is 10.8. The van der Waals surface area contributed by atoms with E-state index >= 15 is 0 Å². The first-order valence-electron chi connectivity index (χ1n) is 3.75. The van der Waals surface area contributed by atoms with Crippen LogP contribution in [-0.2, 0) is 0 Å². The van der Waals surface area contributed by atoms with Gasteiger partial charge in [0.1, 0.15) is 4.60 Å². The summed E-state index contributed by atoms with van der Waals surface area (Å²) in [6.45, 7) is 0. The number of rotatable bonds is 2. The second-order valence-electron chi connectivity index (χ2n) is 2.43. The molecule has 2 aromatic heterocycles. The standard InChI is InChI=1S/C7H7BrN4S2/c1-13-6-10-5-9-4(8)3-12(5)7(11-6)14-2/h3H,1-2H3. The molecular formula is C7H7BrN4S2. The second kappa shape index (κ2) is 4.08. The van der Waals surface area contributed by atoms with Crippen molar-refractivity contribution in [1.82, 2.24) is 19.4 Å². The van der Waals surface area contributed by atoms with Crippen LogP contribution in [0, 0.1) is 0 Å². The van der Waals surface area contributed by atoms with Crippen molar-refractivity contribution in [3.63, 3.8) is 0 Å². The van der Waals surface area contributed by atoms with Crippen LogP contribution >= 0.6 is 39.5 Å². The van der Waals surface area contributed by atoms with Gasteiger partial charge in [0, 0.05) is 6.20 Å². The van der Waals surface area contributed by atoms with Gasteiger partial charge in [0.05, 0.1) is 0 Å².